The van der Waals surface area contributed by atoms with Crippen molar-refractivity contribution < 1.29 is 4.74 Å². The molecular weight excluding hydrogens is 254 g/mol. The molecule has 0 heterocycles. The number of ether oxygens (including phenoxy) is 1. The first-order valence-electron chi connectivity index (χ1n) is 7.22. The zero-order valence-corrected chi connectivity index (χ0v) is 13.3. The molecule has 0 aliphatic heterocycles. The summed E-state index contributed by atoms with van der Waals surface area (Å²) in [5, 5.41) is 3.46. The number of benzene rings is 1. The molecular formula is C16H27NOS. The second-order valence-corrected chi connectivity index (χ2v) is 6.24. The predicted molar refractivity (Wildman–Crippen MR) is 84.8 cm³/mol. The molecule has 0 aliphatic rings. The summed E-state index contributed by atoms with van der Waals surface area (Å²) in [4.78, 5) is 1.35. The Morgan fingerprint density at radius 1 is 1.21 bits per heavy atom. The molecule has 108 valence electrons. The number of hydrogen-bond donors (Lipinski definition) is 1. The van der Waals surface area contributed by atoms with Gasteiger partial charge in [0.1, 0.15) is 0 Å². The van der Waals surface area contributed by atoms with E-state index >= 15 is 0 Å². The summed E-state index contributed by atoms with van der Waals surface area (Å²) in [6, 6.07) is 8.88. The molecule has 0 radical (unpaired) electrons. The van der Waals surface area contributed by atoms with Crippen LogP contribution in [-0.2, 0) is 11.3 Å². The fourth-order valence-corrected chi connectivity index (χ4v) is 2.53. The number of hydrogen-bond acceptors (Lipinski definition) is 3. The van der Waals surface area contributed by atoms with Crippen molar-refractivity contribution in [2.45, 2.75) is 38.6 Å². The van der Waals surface area contributed by atoms with Crippen LogP contribution in [0.4, 0.5) is 0 Å². The van der Waals surface area contributed by atoms with Crippen LogP contribution in [0.3, 0.4) is 0 Å². The Morgan fingerprint density at radius 2 is 1.95 bits per heavy atom. The molecule has 0 amide bonds. The van der Waals surface area contributed by atoms with Crippen molar-refractivity contribution in [2.75, 3.05) is 25.5 Å². The summed E-state index contributed by atoms with van der Waals surface area (Å²) in [6.45, 7) is 10.2. The van der Waals surface area contributed by atoms with Gasteiger partial charge in [-0.15, -0.1) is 11.8 Å². The van der Waals surface area contributed by atoms with Crippen LogP contribution in [0.2, 0.25) is 0 Å². The second kappa shape index (κ2) is 10.3. The Hall–Kier alpha value is -0.510. The first kappa shape index (κ1) is 16.5. The Bertz CT molecular complexity index is 324. The lowest BCUT2D eigenvalue weighted by atomic mass is 10.2. The zero-order valence-electron chi connectivity index (χ0n) is 12.4. The van der Waals surface area contributed by atoms with Crippen LogP contribution in [0.25, 0.3) is 0 Å². The highest BCUT2D eigenvalue weighted by molar-refractivity contribution is 7.99. The van der Waals surface area contributed by atoms with Gasteiger partial charge in [-0.3, -0.25) is 0 Å². The van der Waals surface area contributed by atoms with Gasteiger partial charge >= 0.3 is 0 Å². The molecule has 0 bridgehead atoms. The summed E-state index contributed by atoms with van der Waals surface area (Å²) >= 11 is 1.91. The first-order chi connectivity index (χ1) is 9.22. The molecule has 0 unspecified atom stereocenters. The first-order valence-corrected chi connectivity index (χ1v) is 8.21. The van der Waals surface area contributed by atoms with Crippen molar-refractivity contribution in [3.05, 3.63) is 29.8 Å². The summed E-state index contributed by atoms with van der Waals surface area (Å²) in [5.74, 6) is 1.84. The van der Waals surface area contributed by atoms with Crippen molar-refractivity contribution in [1.29, 1.82) is 0 Å². The maximum Gasteiger partial charge on any atom is 0.0473 e. The van der Waals surface area contributed by atoms with Gasteiger partial charge in [0.2, 0.25) is 0 Å². The summed E-state index contributed by atoms with van der Waals surface area (Å²) in [5.41, 5.74) is 1.36. The van der Waals surface area contributed by atoms with Crippen molar-refractivity contribution in [2.24, 2.45) is 5.92 Å². The lowest BCUT2D eigenvalue weighted by Gasteiger charge is -2.08. The van der Waals surface area contributed by atoms with Crippen LogP contribution in [0.1, 0.15) is 32.8 Å². The highest BCUT2D eigenvalue weighted by Gasteiger charge is 1.97. The molecule has 0 saturated carbocycles. The number of nitrogens with one attached hydrogen (secondary N) is 1. The molecule has 0 atom stereocenters. The van der Waals surface area contributed by atoms with Crippen molar-refractivity contribution in [1.82, 2.24) is 5.32 Å². The molecule has 2 nitrogen and oxygen atoms in total. The molecule has 1 rings (SSSR count). The van der Waals surface area contributed by atoms with E-state index in [0.717, 1.165) is 38.5 Å². The SMILES string of the molecule is CCOCCCSc1ccc(CNCC(C)C)cc1. The third kappa shape index (κ3) is 8.30. The molecule has 0 saturated heterocycles. The molecule has 1 aromatic rings. The van der Waals surface area contributed by atoms with E-state index in [1.165, 1.54) is 10.5 Å². The lowest BCUT2D eigenvalue weighted by Crippen LogP contribution is -2.18. The standard InChI is InChI=1S/C16H27NOS/c1-4-18-10-5-11-19-16-8-6-15(7-9-16)13-17-12-14(2)3/h6-9,14,17H,4-5,10-13H2,1-3H3. The Balaban J connectivity index is 2.19. The van der Waals surface area contributed by atoms with Crippen LogP contribution >= 0.6 is 11.8 Å². The third-order valence-electron chi connectivity index (χ3n) is 2.71. The quantitative estimate of drug-likeness (QED) is 0.518. The minimum Gasteiger partial charge on any atom is -0.382 e. The van der Waals surface area contributed by atoms with E-state index in [1.54, 1.807) is 0 Å². The van der Waals surface area contributed by atoms with Gasteiger partial charge in [-0.2, -0.15) is 0 Å². The monoisotopic (exact) mass is 281 g/mol. The van der Waals surface area contributed by atoms with Gasteiger partial charge in [0.15, 0.2) is 0 Å². The van der Waals surface area contributed by atoms with Crippen molar-refractivity contribution in [3.63, 3.8) is 0 Å². The largest absolute Gasteiger partial charge is 0.382 e. The zero-order chi connectivity index (χ0) is 13.9. The number of rotatable bonds is 10. The van der Waals surface area contributed by atoms with Crippen LogP contribution in [0, 0.1) is 5.92 Å². The van der Waals surface area contributed by atoms with E-state index in [-0.39, 0.29) is 0 Å². The van der Waals surface area contributed by atoms with E-state index in [0.29, 0.717) is 5.92 Å². The van der Waals surface area contributed by atoms with Gasteiger partial charge in [0, 0.05) is 30.4 Å². The van der Waals surface area contributed by atoms with E-state index in [9.17, 15) is 0 Å². The summed E-state index contributed by atoms with van der Waals surface area (Å²) < 4.78 is 5.33. The minimum atomic E-state index is 0.708. The lowest BCUT2D eigenvalue weighted by molar-refractivity contribution is 0.149. The molecule has 3 heteroatoms. The predicted octanol–water partition coefficient (Wildman–Crippen LogP) is 3.95. The topological polar surface area (TPSA) is 21.3 Å². The highest BCUT2D eigenvalue weighted by Crippen LogP contribution is 2.19. The van der Waals surface area contributed by atoms with Crippen LogP contribution in [0.5, 0.6) is 0 Å². The van der Waals surface area contributed by atoms with Gasteiger partial charge in [0.25, 0.3) is 0 Å². The number of thioether (sulfide) groups is 1. The fourth-order valence-electron chi connectivity index (χ4n) is 1.70. The molecule has 19 heavy (non-hydrogen) atoms. The Kier molecular flexibility index (Phi) is 8.97. The second-order valence-electron chi connectivity index (χ2n) is 5.07. The van der Waals surface area contributed by atoms with Crippen molar-refractivity contribution >= 4 is 11.8 Å². The van der Waals surface area contributed by atoms with E-state index < -0.39 is 0 Å². The molecule has 1 N–H and O–H groups in total. The summed E-state index contributed by atoms with van der Waals surface area (Å²) in [7, 11) is 0. The smallest absolute Gasteiger partial charge is 0.0473 e. The van der Waals surface area contributed by atoms with Gasteiger partial charge in [0.05, 0.1) is 0 Å². The normalized spacial score (nSPS) is 11.2. The average Bonchev–Trinajstić information content (AvgIpc) is 2.40. The minimum absolute atomic E-state index is 0.708. The van der Waals surface area contributed by atoms with Gasteiger partial charge in [-0.25, -0.2) is 0 Å². The maximum absolute atomic E-state index is 5.33. The molecule has 1 aromatic carbocycles. The molecule has 0 aliphatic carbocycles. The molecule has 0 fully saturated rings. The van der Waals surface area contributed by atoms with Gasteiger partial charge in [-0.1, -0.05) is 26.0 Å². The van der Waals surface area contributed by atoms with Crippen LogP contribution in [-0.4, -0.2) is 25.5 Å². The third-order valence-corrected chi connectivity index (χ3v) is 3.81. The fraction of sp³-hybridized carbons (Fsp3) is 0.625. The van der Waals surface area contributed by atoms with Crippen molar-refractivity contribution in [3.8, 4) is 0 Å². The van der Waals surface area contributed by atoms with E-state index in [4.69, 9.17) is 4.74 Å². The Labute approximate surface area is 122 Å². The van der Waals surface area contributed by atoms with E-state index in [1.807, 2.05) is 18.7 Å². The average molecular weight is 281 g/mol. The molecule has 0 aromatic heterocycles. The van der Waals surface area contributed by atoms with Gasteiger partial charge < -0.3 is 10.1 Å². The Morgan fingerprint density at radius 3 is 2.58 bits per heavy atom. The van der Waals surface area contributed by atoms with E-state index in [2.05, 4.69) is 43.4 Å². The highest BCUT2D eigenvalue weighted by atomic mass is 32.2. The van der Waals surface area contributed by atoms with Gasteiger partial charge in [-0.05, 0) is 43.5 Å². The summed E-state index contributed by atoms with van der Waals surface area (Å²) in [6.07, 6.45) is 1.12. The maximum atomic E-state index is 5.33. The molecule has 0 spiro atoms. The van der Waals surface area contributed by atoms with Crippen LogP contribution in [0.15, 0.2) is 29.2 Å². The van der Waals surface area contributed by atoms with Crippen LogP contribution < -0.4 is 5.32 Å².